The molecular formula is C18H23BrN2O3. The molecule has 24 heavy (non-hydrogen) atoms. The largest absolute Gasteiger partial charge is 0.444 e. The fourth-order valence-electron chi connectivity index (χ4n) is 3.10. The Labute approximate surface area is 151 Å². The summed E-state index contributed by atoms with van der Waals surface area (Å²) in [7, 11) is 0. The van der Waals surface area contributed by atoms with Crippen molar-refractivity contribution in [1.29, 1.82) is 0 Å². The van der Waals surface area contributed by atoms with Gasteiger partial charge in [-0.05, 0) is 57.9 Å². The summed E-state index contributed by atoms with van der Waals surface area (Å²) in [6.07, 6.45) is 1.59. The van der Waals surface area contributed by atoms with E-state index in [1.165, 1.54) is 0 Å². The van der Waals surface area contributed by atoms with Crippen LogP contribution in [0.2, 0.25) is 0 Å². The van der Waals surface area contributed by atoms with Gasteiger partial charge in [-0.25, -0.2) is 4.79 Å². The van der Waals surface area contributed by atoms with E-state index in [1.807, 2.05) is 49.9 Å². The van der Waals surface area contributed by atoms with E-state index in [0.29, 0.717) is 25.2 Å². The van der Waals surface area contributed by atoms with Gasteiger partial charge < -0.3 is 14.5 Å². The Balaban J connectivity index is 1.70. The van der Waals surface area contributed by atoms with E-state index in [9.17, 15) is 9.59 Å². The molecule has 1 spiro atoms. The maximum absolute atomic E-state index is 12.8. The summed E-state index contributed by atoms with van der Waals surface area (Å²) < 4.78 is 6.42. The molecule has 0 atom stereocenters. The van der Waals surface area contributed by atoms with Gasteiger partial charge in [0.15, 0.2) is 0 Å². The number of carbonyl (C=O) groups is 2. The second-order valence-corrected chi connectivity index (χ2v) is 8.51. The van der Waals surface area contributed by atoms with Gasteiger partial charge in [0.1, 0.15) is 5.60 Å². The van der Waals surface area contributed by atoms with Crippen LogP contribution < -0.4 is 0 Å². The van der Waals surface area contributed by atoms with Crippen LogP contribution in [0.4, 0.5) is 4.79 Å². The summed E-state index contributed by atoms with van der Waals surface area (Å²) in [5.41, 5.74) is -0.0208. The standard InChI is InChI=1S/C18H23BrN2O3/c1-17(2,3)24-16(23)20-10-11-21(18(12-20)8-9-18)15(22)13-4-6-14(19)7-5-13/h4-7H,8-12H2,1-3H3. The van der Waals surface area contributed by atoms with Crippen LogP contribution >= 0.6 is 15.9 Å². The Morgan fingerprint density at radius 2 is 1.75 bits per heavy atom. The van der Waals surface area contributed by atoms with Gasteiger partial charge in [0.25, 0.3) is 5.91 Å². The molecule has 0 aromatic heterocycles. The maximum atomic E-state index is 12.8. The van der Waals surface area contributed by atoms with Gasteiger partial charge in [-0.15, -0.1) is 0 Å². The van der Waals surface area contributed by atoms with E-state index in [-0.39, 0.29) is 17.5 Å². The zero-order valence-corrected chi connectivity index (χ0v) is 15.9. The van der Waals surface area contributed by atoms with E-state index < -0.39 is 5.60 Å². The number of piperazine rings is 1. The highest BCUT2D eigenvalue weighted by Crippen LogP contribution is 2.45. The molecule has 0 N–H and O–H groups in total. The average molecular weight is 395 g/mol. The van der Waals surface area contributed by atoms with Gasteiger partial charge in [-0.3, -0.25) is 4.79 Å². The molecule has 5 nitrogen and oxygen atoms in total. The van der Waals surface area contributed by atoms with Crippen molar-refractivity contribution >= 4 is 27.9 Å². The van der Waals surface area contributed by atoms with E-state index in [2.05, 4.69) is 15.9 Å². The van der Waals surface area contributed by atoms with Crippen molar-refractivity contribution in [2.75, 3.05) is 19.6 Å². The molecule has 1 aliphatic carbocycles. The highest BCUT2D eigenvalue weighted by atomic mass is 79.9. The molecule has 0 unspecified atom stereocenters. The van der Waals surface area contributed by atoms with Crippen molar-refractivity contribution in [3.05, 3.63) is 34.3 Å². The van der Waals surface area contributed by atoms with Gasteiger partial charge in [0, 0.05) is 29.7 Å². The van der Waals surface area contributed by atoms with Crippen molar-refractivity contribution in [3.8, 4) is 0 Å². The second-order valence-electron chi connectivity index (χ2n) is 7.59. The van der Waals surface area contributed by atoms with Gasteiger partial charge in [-0.1, -0.05) is 15.9 Å². The molecule has 1 aliphatic heterocycles. The van der Waals surface area contributed by atoms with Gasteiger partial charge in [0.05, 0.1) is 5.54 Å². The summed E-state index contributed by atoms with van der Waals surface area (Å²) in [6, 6.07) is 7.43. The molecule has 1 saturated carbocycles. The summed E-state index contributed by atoms with van der Waals surface area (Å²) in [5, 5.41) is 0. The van der Waals surface area contributed by atoms with Crippen LogP contribution in [0.25, 0.3) is 0 Å². The summed E-state index contributed by atoms with van der Waals surface area (Å²) in [5.74, 6) is 0.0452. The van der Waals surface area contributed by atoms with E-state index in [4.69, 9.17) is 4.74 Å². The monoisotopic (exact) mass is 394 g/mol. The number of rotatable bonds is 1. The molecule has 1 heterocycles. The summed E-state index contributed by atoms with van der Waals surface area (Å²) in [4.78, 5) is 28.8. The Morgan fingerprint density at radius 1 is 1.12 bits per heavy atom. The lowest BCUT2D eigenvalue weighted by Crippen LogP contribution is -2.58. The number of ether oxygens (including phenoxy) is 1. The predicted molar refractivity (Wildman–Crippen MR) is 95.0 cm³/mol. The molecule has 0 bridgehead atoms. The highest BCUT2D eigenvalue weighted by Gasteiger charge is 2.54. The van der Waals surface area contributed by atoms with Crippen LogP contribution in [0.1, 0.15) is 44.0 Å². The predicted octanol–water partition coefficient (Wildman–Crippen LogP) is 3.67. The van der Waals surface area contributed by atoms with Crippen LogP contribution in [0.5, 0.6) is 0 Å². The molecule has 1 aromatic rings. The highest BCUT2D eigenvalue weighted by molar-refractivity contribution is 9.10. The van der Waals surface area contributed by atoms with E-state index in [1.54, 1.807) is 4.90 Å². The number of nitrogens with zero attached hydrogens (tertiary/aromatic N) is 2. The topological polar surface area (TPSA) is 49.9 Å². The normalized spacial score (nSPS) is 19.3. The summed E-state index contributed by atoms with van der Waals surface area (Å²) in [6.45, 7) is 7.22. The van der Waals surface area contributed by atoms with Gasteiger partial charge in [0.2, 0.25) is 0 Å². The number of carbonyl (C=O) groups excluding carboxylic acids is 2. The number of halogens is 1. The van der Waals surface area contributed by atoms with Gasteiger partial charge in [-0.2, -0.15) is 0 Å². The fraction of sp³-hybridized carbons (Fsp3) is 0.556. The van der Waals surface area contributed by atoms with Crippen molar-refractivity contribution in [3.63, 3.8) is 0 Å². The van der Waals surface area contributed by atoms with E-state index in [0.717, 1.165) is 17.3 Å². The molecular weight excluding hydrogens is 372 g/mol. The quantitative estimate of drug-likeness (QED) is 0.729. The number of hydrogen-bond donors (Lipinski definition) is 0. The first-order valence-corrected chi connectivity index (χ1v) is 9.05. The third-order valence-electron chi connectivity index (χ3n) is 4.47. The minimum absolute atomic E-state index is 0.0452. The molecule has 1 saturated heterocycles. The lowest BCUT2D eigenvalue weighted by atomic mass is 10.1. The van der Waals surface area contributed by atoms with Gasteiger partial charge >= 0.3 is 6.09 Å². The van der Waals surface area contributed by atoms with Crippen LogP contribution in [0.3, 0.4) is 0 Å². The lowest BCUT2D eigenvalue weighted by Gasteiger charge is -2.42. The Morgan fingerprint density at radius 3 is 2.29 bits per heavy atom. The number of benzene rings is 1. The fourth-order valence-corrected chi connectivity index (χ4v) is 3.36. The number of amides is 2. The first-order chi connectivity index (χ1) is 11.2. The Kier molecular flexibility index (Phi) is 4.36. The van der Waals surface area contributed by atoms with Crippen molar-refractivity contribution in [2.24, 2.45) is 0 Å². The molecule has 2 amide bonds. The van der Waals surface area contributed by atoms with Crippen LogP contribution in [0, 0.1) is 0 Å². The lowest BCUT2D eigenvalue weighted by molar-refractivity contribution is 0.000635. The minimum atomic E-state index is -0.502. The molecule has 2 fully saturated rings. The molecule has 0 radical (unpaired) electrons. The molecule has 3 rings (SSSR count). The van der Waals surface area contributed by atoms with Crippen molar-refractivity contribution in [1.82, 2.24) is 9.80 Å². The van der Waals surface area contributed by atoms with E-state index >= 15 is 0 Å². The smallest absolute Gasteiger partial charge is 0.410 e. The minimum Gasteiger partial charge on any atom is -0.444 e. The third-order valence-corrected chi connectivity index (χ3v) is 5.00. The Hall–Kier alpha value is -1.56. The first-order valence-electron chi connectivity index (χ1n) is 8.26. The maximum Gasteiger partial charge on any atom is 0.410 e. The summed E-state index contributed by atoms with van der Waals surface area (Å²) >= 11 is 3.39. The zero-order valence-electron chi connectivity index (χ0n) is 14.3. The van der Waals surface area contributed by atoms with Crippen molar-refractivity contribution < 1.29 is 14.3 Å². The van der Waals surface area contributed by atoms with Crippen molar-refractivity contribution in [2.45, 2.75) is 44.8 Å². The molecule has 2 aliphatic rings. The zero-order chi connectivity index (χ0) is 17.5. The third kappa shape index (κ3) is 3.58. The molecule has 130 valence electrons. The molecule has 1 aromatic carbocycles. The Bertz CT molecular complexity index is 647. The SMILES string of the molecule is CC(C)(C)OC(=O)N1CCN(C(=O)c2ccc(Br)cc2)C2(CC2)C1. The molecule has 6 heteroatoms. The van der Waals surface area contributed by atoms with Crippen LogP contribution in [-0.4, -0.2) is 52.6 Å². The second kappa shape index (κ2) is 6.06. The first kappa shape index (κ1) is 17.3. The van der Waals surface area contributed by atoms with Crippen LogP contribution in [0.15, 0.2) is 28.7 Å². The van der Waals surface area contributed by atoms with Crippen LogP contribution in [-0.2, 0) is 4.74 Å². The average Bonchev–Trinajstić information content (AvgIpc) is 3.25. The number of hydrogen-bond acceptors (Lipinski definition) is 3.